The minimum atomic E-state index is 0.155. The molecular weight excluding hydrogens is 661 g/mol. The SMILES string of the molecule is CCCCCCCCCCCCCCCCCCCCC(=O)NCc1ccc(CNC(=O)CCCCCCCCCCCCCCCCCCCC)cc1. The highest BCUT2D eigenvalue weighted by Gasteiger charge is 2.05. The summed E-state index contributed by atoms with van der Waals surface area (Å²) in [5.74, 6) is 0.310. The monoisotopic (exact) mass is 753 g/mol. The molecule has 0 aliphatic rings. The van der Waals surface area contributed by atoms with Crippen LogP contribution in [0.4, 0.5) is 0 Å². The van der Waals surface area contributed by atoms with Gasteiger partial charge in [-0.05, 0) is 24.0 Å². The van der Waals surface area contributed by atoms with Crippen LogP contribution in [0.25, 0.3) is 0 Å². The predicted molar refractivity (Wildman–Crippen MR) is 237 cm³/mol. The number of amides is 2. The van der Waals surface area contributed by atoms with E-state index in [0.29, 0.717) is 25.9 Å². The lowest BCUT2D eigenvalue weighted by Gasteiger charge is -2.08. The van der Waals surface area contributed by atoms with Crippen LogP contribution in [0, 0.1) is 0 Å². The third kappa shape index (κ3) is 35.8. The number of carbonyl (C=O) groups excluding carboxylic acids is 2. The lowest BCUT2D eigenvalue weighted by molar-refractivity contribution is -0.122. The number of nitrogens with one attached hydrogen (secondary N) is 2. The summed E-state index contributed by atoms with van der Waals surface area (Å²) >= 11 is 0. The van der Waals surface area contributed by atoms with E-state index in [1.54, 1.807) is 0 Å². The number of rotatable bonds is 42. The average Bonchev–Trinajstić information content (AvgIpc) is 3.18. The minimum Gasteiger partial charge on any atom is -0.352 e. The van der Waals surface area contributed by atoms with Gasteiger partial charge in [0.15, 0.2) is 0 Å². The molecule has 0 saturated carbocycles. The van der Waals surface area contributed by atoms with E-state index in [-0.39, 0.29) is 11.8 Å². The molecule has 54 heavy (non-hydrogen) atoms. The van der Waals surface area contributed by atoms with Crippen molar-refractivity contribution in [1.82, 2.24) is 10.6 Å². The summed E-state index contributed by atoms with van der Waals surface area (Å²) < 4.78 is 0. The second-order valence-electron chi connectivity index (χ2n) is 16.9. The van der Waals surface area contributed by atoms with Crippen molar-refractivity contribution < 1.29 is 9.59 Å². The van der Waals surface area contributed by atoms with Gasteiger partial charge in [0, 0.05) is 25.9 Å². The number of hydrogen-bond acceptors (Lipinski definition) is 2. The van der Waals surface area contributed by atoms with Crippen molar-refractivity contribution in [3.63, 3.8) is 0 Å². The van der Waals surface area contributed by atoms with Crippen LogP contribution < -0.4 is 10.6 Å². The summed E-state index contributed by atoms with van der Waals surface area (Å²) in [5, 5.41) is 6.16. The fourth-order valence-corrected chi connectivity index (χ4v) is 7.73. The molecule has 0 fully saturated rings. The highest BCUT2D eigenvalue weighted by molar-refractivity contribution is 5.76. The number of hydrogen-bond donors (Lipinski definition) is 2. The van der Waals surface area contributed by atoms with Crippen molar-refractivity contribution in [2.24, 2.45) is 0 Å². The number of benzene rings is 1. The Labute approximate surface area is 337 Å². The van der Waals surface area contributed by atoms with Gasteiger partial charge in [-0.25, -0.2) is 0 Å². The highest BCUT2D eigenvalue weighted by atomic mass is 16.2. The summed E-state index contributed by atoms with van der Waals surface area (Å²) in [6, 6.07) is 8.26. The molecule has 1 aromatic carbocycles. The smallest absolute Gasteiger partial charge is 0.220 e. The van der Waals surface area contributed by atoms with Gasteiger partial charge in [0.2, 0.25) is 11.8 Å². The Bertz CT molecular complexity index is 854. The first kappa shape index (κ1) is 50.2. The number of carbonyl (C=O) groups is 2. The minimum absolute atomic E-state index is 0.155. The molecule has 0 atom stereocenters. The zero-order valence-electron chi connectivity index (χ0n) is 36.4. The van der Waals surface area contributed by atoms with Crippen LogP contribution in [0.3, 0.4) is 0 Å². The van der Waals surface area contributed by atoms with Crippen LogP contribution >= 0.6 is 0 Å². The van der Waals surface area contributed by atoms with Crippen molar-refractivity contribution in [3.8, 4) is 0 Å². The van der Waals surface area contributed by atoms with Gasteiger partial charge in [0.25, 0.3) is 0 Å². The maximum Gasteiger partial charge on any atom is 0.220 e. The Morgan fingerprint density at radius 1 is 0.315 bits per heavy atom. The van der Waals surface area contributed by atoms with Crippen molar-refractivity contribution in [1.29, 1.82) is 0 Å². The molecule has 4 heteroatoms. The third-order valence-electron chi connectivity index (χ3n) is 11.5. The van der Waals surface area contributed by atoms with Crippen LogP contribution in [-0.2, 0) is 22.7 Å². The van der Waals surface area contributed by atoms with Crippen LogP contribution in [0.5, 0.6) is 0 Å². The Morgan fingerprint density at radius 3 is 0.704 bits per heavy atom. The third-order valence-corrected chi connectivity index (χ3v) is 11.5. The van der Waals surface area contributed by atoms with E-state index >= 15 is 0 Å². The fraction of sp³-hybridized carbons (Fsp3) is 0.840. The molecule has 0 spiro atoms. The van der Waals surface area contributed by atoms with Gasteiger partial charge in [0.1, 0.15) is 0 Å². The molecule has 1 aromatic rings. The summed E-state index contributed by atoms with van der Waals surface area (Å²) in [5.41, 5.74) is 2.21. The van der Waals surface area contributed by atoms with E-state index in [2.05, 4.69) is 48.7 Å². The van der Waals surface area contributed by atoms with Gasteiger partial charge in [-0.1, -0.05) is 256 Å². The first-order valence-electron chi connectivity index (χ1n) is 24.3. The topological polar surface area (TPSA) is 58.2 Å². The zero-order valence-corrected chi connectivity index (χ0v) is 36.4. The maximum atomic E-state index is 12.3. The molecule has 4 nitrogen and oxygen atoms in total. The summed E-state index contributed by atoms with van der Waals surface area (Å²) in [7, 11) is 0. The van der Waals surface area contributed by atoms with E-state index in [0.717, 1.165) is 36.8 Å². The van der Waals surface area contributed by atoms with Crippen molar-refractivity contribution >= 4 is 11.8 Å². The van der Waals surface area contributed by atoms with Gasteiger partial charge < -0.3 is 10.6 Å². The normalized spacial score (nSPS) is 11.3. The van der Waals surface area contributed by atoms with Gasteiger partial charge >= 0.3 is 0 Å². The number of unbranched alkanes of at least 4 members (excludes halogenated alkanes) is 34. The van der Waals surface area contributed by atoms with Crippen LogP contribution in [0.2, 0.25) is 0 Å². The molecule has 0 aliphatic carbocycles. The van der Waals surface area contributed by atoms with Crippen molar-refractivity contribution in [3.05, 3.63) is 35.4 Å². The maximum absolute atomic E-state index is 12.3. The first-order valence-corrected chi connectivity index (χ1v) is 24.3. The zero-order chi connectivity index (χ0) is 38.8. The van der Waals surface area contributed by atoms with Crippen molar-refractivity contribution in [2.45, 2.75) is 271 Å². The van der Waals surface area contributed by atoms with E-state index in [1.807, 2.05) is 0 Å². The molecule has 0 aliphatic heterocycles. The second-order valence-corrected chi connectivity index (χ2v) is 16.9. The predicted octanol–water partition coefficient (Wildman–Crippen LogP) is 15.8. The quantitative estimate of drug-likeness (QED) is 0.0653. The molecule has 0 saturated heterocycles. The van der Waals surface area contributed by atoms with E-state index in [4.69, 9.17) is 0 Å². The molecule has 0 heterocycles. The van der Waals surface area contributed by atoms with Crippen LogP contribution in [0.15, 0.2) is 24.3 Å². The average molecular weight is 753 g/mol. The molecule has 0 radical (unpaired) electrons. The molecular formula is C50H92N2O2. The van der Waals surface area contributed by atoms with Gasteiger partial charge in [-0.2, -0.15) is 0 Å². The standard InChI is InChI=1S/C50H92N2O2/c1-3-5-7-9-11-13-15-17-19-21-23-25-27-29-31-33-35-37-39-49(53)51-45-47-41-43-48(44-42-47)46-52-50(54)40-38-36-34-32-30-28-26-24-22-20-18-16-14-12-10-8-6-4-2/h41-44H,3-40,45-46H2,1-2H3,(H,51,53)(H,52,54). The molecule has 314 valence electrons. The molecule has 2 N–H and O–H groups in total. The Balaban J connectivity index is 1.86. The van der Waals surface area contributed by atoms with E-state index < -0.39 is 0 Å². The fourth-order valence-electron chi connectivity index (χ4n) is 7.73. The summed E-state index contributed by atoms with van der Waals surface area (Å²) in [4.78, 5) is 24.7. The Hall–Kier alpha value is -1.84. The Morgan fingerprint density at radius 2 is 0.500 bits per heavy atom. The van der Waals surface area contributed by atoms with Gasteiger partial charge in [-0.3, -0.25) is 9.59 Å². The van der Waals surface area contributed by atoms with Gasteiger partial charge in [-0.15, -0.1) is 0 Å². The molecule has 2 amide bonds. The Kier molecular flexibility index (Phi) is 37.9. The lowest BCUT2D eigenvalue weighted by Crippen LogP contribution is -2.23. The molecule has 1 rings (SSSR count). The van der Waals surface area contributed by atoms with E-state index in [1.165, 1.54) is 205 Å². The molecule has 0 unspecified atom stereocenters. The van der Waals surface area contributed by atoms with Crippen LogP contribution in [-0.4, -0.2) is 11.8 Å². The molecule has 0 bridgehead atoms. The first-order chi connectivity index (χ1) is 26.7. The largest absolute Gasteiger partial charge is 0.352 e. The van der Waals surface area contributed by atoms with E-state index in [9.17, 15) is 9.59 Å². The van der Waals surface area contributed by atoms with Crippen molar-refractivity contribution in [2.75, 3.05) is 0 Å². The summed E-state index contributed by atoms with van der Waals surface area (Å²) in [6.45, 7) is 5.73. The van der Waals surface area contributed by atoms with Crippen LogP contribution in [0.1, 0.15) is 269 Å². The lowest BCUT2D eigenvalue weighted by atomic mass is 10.0. The second kappa shape index (κ2) is 40.8. The molecule has 0 aromatic heterocycles. The summed E-state index contributed by atoms with van der Waals surface area (Å²) in [6.07, 6.45) is 50.3. The highest BCUT2D eigenvalue weighted by Crippen LogP contribution is 2.16. The van der Waals surface area contributed by atoms with Gasteiger partial charge in [0.05, 0.1) is 0 Å².